The average Bonchev–Trinajstić information content (AvgIpc) is 3.22. The van der Waals surface area contributed by atoms with Crippen molar-refractivity contribution in [1.82, 2.24) is 4.57 Å². The minimum Gasteiger partial charge on any atom is -0.465 e. The van der Waals surface area contributed by atoms with Gasteiger partial charge in [-0.05, 0) is 64.3 Å². The maximum atomic E-state index is 6.83. The minimum atomic E-state index is 0.0553. The van der Waals surface area contributed by atoms with Gasteiger partial charge in [0, 0.05) is 5.56 Å². The number of ether oxygens (including phenoxy) is 1. The summed E-state index contributed by atoms with van der Waals surface area (Å²) in [5.74, 6) is 2.73. The van der Waals surface area contributed by atoms with Gasteiger partial charge in [-0.3, -0.25) is 9.13 Å². The van der Waals surface area contributed by atoms with Crippen LogP contribution in [0.5, 0.6) is 11.5 Å². The molecule has 0 saturated heterocycles. The fourth-order valence-corrected chi connectivity index (χ4v) is 6.40. The molecule has 6 rings (SSSR count). The van der Waals surface area contributed by atoms with Crippen LogP contribution in [-0.4, -0.2) is 4.57 Å². The number of imidazole rings is 1. The Morgan fingerprint density at radius 3 is 2.14 bits per heavy atom. The molecule has 1 aliphatic carbocycles. The van der Waals surface area contributed by atoms with Crippen LogP contribution in [0.2, 0.25) is 0 Å². The van der Waals surface area contributed by atoms with Crippen molar-refractivity contribution >= 4 is 11.0 Å². The molecule has 3 nitrogen and oxygen atoms in total. The van der Waals surface area contributed by atoms with E-state index in [-0.39, 0.29) is 10.8 Å². The summed E-state index contributed by atoms with van der Waals surface area (Å²) in [6.07, 6.45) is 6.14. The number of hydrogen-bond acceptors (Lipinski definition) is 1. The topological polar surface area (TPSA) is 18.0 Å². The lowest BCUT2D eigenvalue weighted by Gasteiger charge is -2.43. The molecule has 3 aromatic carbocycles. The van der Waals surface area contributed by atoms with E-state index >= 15 is 0 Å². The summed E-state index contributed by atoms with van der Waals surface area (Å²) in [7, 11) is 0. The summed E-state index contributed by atoms with van der Waals surface area (Å²) < 4.78 is 11.4. The van der Waals surface area contributed by atoms with Gasteiger partial charge >= 0.3 is 0 Å². The molecule has 1 aromatic heterocycles. The molecule has 0 N–H and O–H groups in total. The lowest BCUT2D eigenvalue weighted by Crippen LogP contribution is -2.38. The second kappa shape index (κ2) is 7.71. The van der Waals surface area contributed by atoms with Gasteiger partial charge in [-0.25, -0.2) is 0 Å². The number of aromatic nitrogens is 2. The molecule has 0 fully saturated rings. The molecule has 0 spiro atoms. The molecule has 0 atom stereocenters. The highest BCUT2D eigenvalue weighted by atomic mass is 16.5. The van der Waals surface area contributed by atoms with Gasteiger partial charge in [0.05, 0.1) is 11.2 Å². The monoisotopic (exact) mass is 478 g/mol. The number of hydrogen-bond donors (Lipinski definition) is 0. The zero-order valence-corrected chi connectivity index (χ0v) is 23.0. The largest absolute Gasteiger partial charge is 0.465 e. The van der Waals surface area contributed by atoms with E-state index in [2.05, 4.69) is 119 Å². The summed E-state index contributed by atoms with van der Waals surface area (Å²) in [5, 5.41) is 0. The number of rotatable bonds is 3. The normalized spacial score (nSPS) is 17.3. The van der Waals surface area contributed by atoms with E-state index < -0.39 is 0 Å². The summed E-state index contributed by atoms with van der Waals surface area (Å²) >= 11 is 0. The first-order valence-electron chi connectivity index (χ1n) is 13.5. The van der Waals surface area contributed by atoms with E-state index in [0.717, 1.165) is 34.6 Å². The van der Waals surface area contributed by atoms with Crippen molar-refractivity contribution in [2.45, 2.75) is 90.9 Å². The molecule has 36 heavy (non-hydrogen) atoms. The lowest BCUT2D eigenvalue weighted by atomic mass is 9.62. The quantitative estimate of drug-likeness (QED) is 0.188. The van der Waals surface area contributed by atoms with E-state index in [9.17, 15) is 0 Å². The Hall–Kier alpha value is -3.07. The second-order valence-electron chi connectivity index (χ2n) is 12.7. The molecule has 2 aliphatic rings. The number of nitrogens with zero attached hydrogens (tertiary/aromatic N) is 2. The standard InChI is InChI=1S/C33H38N2O/c1-20(2)22-11-9-12-23(21(3)4)29(22)34-19-35-26-16-15-24-28(33(7,8)18-17-32(24,5)6)31(26)36-27-14-10-13-25(34)30(27)35/h9-16,20-21H,17-18H2,1-8H3. The summed E-state index contributed by atoms with van der Waals surface area (Å²) in [6, 6.07) is 17.8. The van der Waals surface area contributed by atoms with Crippen LogP contribution in [-0.2, 0) is 10.8 Å². The summed E-state index contributed by atoms with van der Waals surface area (Å²) in [5.41, 5.74) is 10.2. The SMILES string of the molecule is CC(C)c1cccc(C(C)C)c1-n1[c-][n+]2c3c(cccc31)Oc1c-2ccc2c1C(C)(C)CCC2(C)C. The Kier molecular flexibility index (Phi) is 5.00. The Morgan fingerprint density at radius 2 is 1.47 bits per heavy atom. The van der Waals surface area contributed by atoms with Crippen molar-refractivity contribution in [3.63, 3.8) is 0 Å². The van der Waals surface area contributed by atoms with Gasteiger partial charge in [-0.15, -0.1) is 0 Å². The Labute approximate surface area is 215 Å². The third-order valence-electron chi connectivity index (χ3n) is 8.58. The summed E-state index contributed by atoms with van der Waals surface area (Å²) in [6.45, 7) is 18.6. The first-order valence-corrected chi connectivity index (χ1v) is 13.5. The van der Waals surface area contributed by atoms with Crippen molar-refractivity contribution in [3.8, 4) is 22.9 Å². The molecule has 0 unspecified atom stereocenters. The molecular formula is C33H38N2O. The highest BCUT2D eigenvalue weighted by Gasteiger charge is 2.41. The molecular weight excluding hydrogens is 440 g/mol. The molecule has 1 aliphatic heterocycles. The van der Waals surface area contributed by atoms with Gasteiger partial charge in [0.1, 0.15) is 22.7 Å². The maximum absolute atomic E-state index is 6.83. The number of fused-ring (bicyclic) bond motifs is 4. The van der Waals surface area contributed by atoms with E-state index in [1.54, 1.807) is 0 Å². The van der Waals surface area contributed by atoms with Crippen LogP contribution >= 0.6 is 0 Å². The highest BCUT2D eigenvalue weighted by molar-refractivity contribution is 5.83. The highest BCUT2D eigenvalue weighted by Crippen LogP contribution is 2.52. The Balaban J connectivity index is 1.68. The third kappa shape index (κ3) is 3.21. The fraction of sp³-hybridized carbons (Fsp3) is 0.424. The van der Waals surface area contributed by atoms with Gasteiger partial charge in [-0.1, -0.05) is 91.8 Å². The van der Waals surface area contributed by atoms with Crippen LogP contribution in [0.1, 0.15) is 102 Å². The van der Waals surface area contributed by atoms with Crippen LogP contribution in [0.25, 0.3) is 22.4 Å². The van der Waals surface area contributed by atoms with Crippen LogP contribution < -0.4 is 9.30 Å². The summed E-state index contributed by atoms with van der Waals surface area (Å²) in [4.78, 5) is 0. The molecule has 3 heteroatoms. The van der Waals surface area contributed by atoms with Crippen molar-refractivity contribution in [1.29, 1.82) is 0 Å². The van der Waals surface area contributed by atoms with E-state index in [1.807, 2.05) is 0 Å². The lowest BCUT2D eigenvalue weighted by molar-refractivity contribution is -0.575. The smallest absolute Gasteiger partial charge is 0.270 e. The number of benzene rings is 3. The van der Waals surface area contributed by atoms with Crippen LogP contribution in [0.4, 0.5) is 0 Å². The van der Waals surface area contributed by atoms with Gasteiger partial charge in [0.15, 0.2) is 0 Å². The van der Waals surface area contributed by atoms with Gasteiger partial charge < -0.3 is 4.74 Å². The number of para-hydroxylation sites is 2. The van der Waals surface area contributed by atoms with Crippen LogP contribution in [0, 0.1) is 6.33 Å². The van der Waals surface area contributed by atoms with E-state index in [0.29, 0.717) is 11.8 Å². The van der Waals surface area contributed by atoms with E-state index in [4.69, 9.17) is 4.74 Å². The van der Waals surface area contributed by atoms with Crippen molar-refractivity contribution < 1.29 is 9.30 Å². The third-order valence-corrected chi connectivity index (χ3v) is 8.58. The molecule has 0 amide bonds. The minimum absolute atomic E-state index is 0.0553. The molecule has 0 saturated carbocycles. The van der Waals surface area contributed by atoms with Crippen LogP contribution in [0.15, 0.2) is 48.5 Å². The van der Waals surface area contributed by atoms with Crippen molar-refractivity contribution in [2.75, 3.05) is 0 Å². The van der Waals surface area contributed by atoms with Crippen molar-refractivity contribution in [3.05, 3.63) is 77.1 Å². The Bertz CT molecular complexity index is 1490. The average molecular weight is 479 g/mol. The molecule has 4 aromatic rings. The first-order chi connectivity index (χ1) is 17.0. The molecule has 186 valence electrons. The first kappa shape index (κ1) is 23.3. The van der Waals surface area contributed by atoms with Gasteiger partial charge in [0.2, 0.25) is 0 Å². The molecule has 0 radical (unpaired) electrons. The Morgan fingerprint density at radius 1 is 0.833 bits per heavy atom. The second-order valence-corrected chi connectivity index (χ2v) is 12.7. The predicted molar refractivity (Wildman–Crippen MR) is 147 cm³/mol. The zero-order chi connectivity index (χ0) is 25.6. The van der Waals surface area contributed by atoms with Crippen LogP contribution in [0.3, 0.4) is 0 Å². The maximum Gasteiger partial charge on any atom is 0.270 e. The van der Waals surface area contributed by atoms with Gasteiger partial charge in [-0.2, -0.15) is 0 Å². The zero-order valence-electron chi connectivity index (χ0n) is 23.0. The fourth-order valence-electron chi connectivity index (χ4n) is 6.40. The molecule has 2 heterocycles. The molecule has 0 bridgehead atoms. The van der Waals surface area contributed by atoms with E-state index in [1.165, 1.54) is 34.4 Å². The van der Waals surface area contributed by atoms with Crippen molar-refractivity contribution in [2.24, 2.45) is 0 Å². The van der Waals surface area contributed by atoms with Gasteiger partial charge in [0.25, 0.3) is 6.33 Å². The predicted octanol–water partition coefficient (Wildman–Crippen LogP) is 8.41.